The van der Waals surface area contributed by atoms with Gasteiger partial charge in [-0.25, -0.2) is 0 Å². The van der Waals surface area contributed by atoms with E-state index in [1.54, 1.807) is 0 Å². The Morgan fingerprint density at radius 3 is 1.50 bits per heavy atom. The van der Waals surface area contributed by atoms with Gasteiger partial charge in [0.05, 0.1) is 0 Å². The van der Waals surface area contributed by atoms with Gasteiger partial charge in [-0.15, -0.1) is 0 Å². The van der Waals surface area contributed by atoms with Crippen LogP contribution in [0.3, 0.4) is 0 Å². The monoisotopic (exact) mass is 123 g/mol. The molecule has 0 nitrogen and oxygen atoms in total. The normalized spacial score (nSPS) is 6.00. The van der Waals surface area contributed by atoms with Crippen LogP contribution in [-0.2, 0) is 0 Å². The Balaban J connectivity index is 0. The summed E-state index contributed by atoms with van der Waals surface area (Å²) < 4.78 is 0. The minimum Gasteiger partial charge on any atom is -0.184 e. The number of rotatable bonds is 0. The minimum absolute atomic E-state index is 0. The van der Waals surface area contributed by atoms with Crippen molar-refractivity contribution in [1.29, 1.82) is 0 Å². The Hall–Kier alpha value is 1.22. The zero-order chi connectivity index (χ0) is 4.24. The molecule has 0 amide bonds. The molecule has 1 rings (SSSR count). The van der Waals surface area contributed by atoms with Crippen molar-refractivity contribution in [3.8, 4) is 0 Å². The molecule has 0 unspecified atom stereocenters. The van der Waals surface area contributed by atoms with Crippen LogP contribution in [0.1, 0.15) is 0 Å². The Morgan fingerprint density at radius 2 is 1.38 bits per heavy atom. The van der Waals surface area contributed by atoms with E-state index in [1.807, 2.05) is 30.3 Å². The van der Waals surface area contributed by atoms with Crippen LogP contribution < -0.4 is 29.6 Å². The molecule has 0 aliphatic rings. The number of hydrogen-bond acceptors (Lipinski definition) is 0. The summed E-state index contributed by atoms with van der Waals surface area (Å²) in [7, 11) is 0. The molecule has 0 atom stereocenters. The first-order chi connectivity index (χ1) is 3.00. The first-order valence-electron chi connectivity index (χ1n) is 1.91. The third kappa shape index (κ3) is 5.36. The molecule has 0 aromatic heterocycles. The molecule has 0 saturated heterocycles. The van der Waals surface area contributed by atoms with Gasteiger partial charge < -0.3 is 0 Å². The molecule has 31 valence electrons. The van der Waals surface area contributed by atoms with Crippen LogP contribution in [0.2, 0.25) is 0 Å². The SMILES string of the molecule is [Na+].[Na].[c-]1ccccc1. The van der Waals surface area contributed by atoms with E-state index in [4.69, 9.17) is 0 Å². The molecule has 0 spiro atoms. The summed E-state index contributed by atoms with van der Waals surface area (Å²) in [6.45, 7) is 0. The van der Waals surface area contributed by atoms with E-state index < -0.39 is 0 Å². The van der Waals surface area contributed by atoms with Crippen molar-refractivity contribution in [3.63, 3.8) is 0 Å². The van der Waals surface area contributed by atoms with Crippen molar-refractivity contribution in [2.45, 2.75) is 0 Å². The molecule has 1 aromatic carbocycles. The van der Waals surface area contributed by atoms with E-state index >= 15 is 0 Å². The van der Waals surface area contributed by atoms with Crippen molar-refractivity contribution in [2.24, 2.45) is 0 Å². The third-order valence-electron chi connectivity index (χ3n) is 0.607. The fourth-order valence-electron chi connectivity index (χ4n) is 0.342. The molecule has 0 N–H and O–H groups in total. The summed E-state index contributed by atoms with van der Waals surface area (Å²) >= 11 is 0. The van der Waals surface area contributed by atoms with Gasteiger partial charge in [0.2, 0.25) is 0 Å². The van der Waals surface area contributed by atoms with E-state index in [2.05, 4.69) is 6.07 Å². The fraction of sp³-hybridized carbons (Fsp3) is 0. The zero-order valence-electron chi connectivity index (χ0n) is 5.39. The molecule has 0 bridgehead atoms. The van der Waals surface area contributed by atoms with Gasteiger partial charge in [-0.3, -0.25) is 0 Å². The summed E-state index contributed by atoms with van der Waals surface area (Å²) in [5.74, 6) is 0. The summed E-state index contributed by atoms with van der Waals surface area (Å²) in [4.78, 5) is 0. The predicted molar refractivity (Wildman–Crippen MR) is 31.0 cm³/mol. The predicted octanol–water partition coefficient (Wildman–Crippen LogP) is -1.89. The Bertz CT molecular complexity index is 78.5. The van der Waals surface area contributed by atoms with Crippen LogP contribution in [0, 0.1) is 6.07 Å². The number of benzene rings is 1. The van der Waals surface area contributed by atoms with Gasteiger partial charge in [0.1, 0.15) is 0 Å². The van der Waals surface area contributed by atoms with Crippen LogP contribution in [0.4, 0.5) is 0 Å². The van der Waals surface area contributed by atoms with Crippen molar-refractivity contribution < 1.29 is 29.6 Å². The summed E-state index contributed by atoms with van der Waals surface area (Å²) in [6, 6.07) is 12.5. The summed E-state index contributed by atoms with van der Waals surface area (Å²) in [5, 5.41) is 0. The van der Waals surface area contributed by atoms with Gasteiger partial charge in [0, 0.05) is 29.6 Å². The molecule has 0 heterocycles. The first kappa shape index (κ1) is 12.0. The average molecular weight is 123 g/mol. The van der Waals surface area contributed by atoms with Gasteiger partial charge >= 0.3 is 29.6 Å². The van der Waals surface area contributed by atoms with Crippen molar-refractivity contribution in [1.82, 2.24) is 0 Å². The Labute approximate surface area is 94.3 Å². The van der Waals surface area contributed by atoms with E-state index in [9.17, 15) is 0 Å². The van der Waals surface area contributed by atoms with Crippen molar-refractivity contribution >= 4 is 29.6 Å². The molecule has 8 heavy (non-hydrogen) atoms. The summed E-state index contributed by atoms with van der Waals surface area (Å²) in [6.07, 6.45) is 0. The second kappa shape index (κ2) is 8.22. The van der Waals surface area contributed by atoms with Crippen LogP contribution in [-0.4, -0.2) is 29.6 Å². The van der Waals surface area contributed by atoms with Gasteiger partial charge in [-0.1, -0.05) is 0 Å². The largest absolute Gasteiger partial charge is 1.00 e. The van der Waals surface area contributed by atoms with Crippen LogP contribution in [0.15, 0.2) is 30.3 Å². The van der Waals surface area contributed by atoms with Crippen LogP contribution in [0.5, 0.6) is 0 Å². The smallest absolute Gasteiger partial charge is 0.184 e. The maximum atomic E-state index is 2.89. The van der Waals surface area contributed by atoms with E-state index in [0.717, 1.165) is 0 Å². The van der Waals surface area contributed by atoms with E-state index in [0.29, 0.717) is 0 Å². The zero-order valence-corrected chi connectivity index (χ0v) is 9.39. The van der Waals surface area contributed by atoms with Gasteiger partial charge in [0.15, 0.2) is 0 Å². The molecule has 0 aliphatic carbocycles. The second-order valence-electron chi connectivity index (χ2n) is 1.08. The fourth-order valence-corrected chi connectivity index (χ4v) is 0.342. The Kier molecular flexibility index (Phi) is 12.3. The first-order valence-corrected chi connectivity index (χ1v) is 1.91. The maximum absolute atomic E-state index is 2.89. The second-order valence-corrected chi connectivity index (χ2v) is 1.08. The maximum Gasteiger partial charge on any atom is 1.00 e. The molecule has 0 saturated carbocycles. The van der Waals surface area contributed by atoms with Crippen LogP contribution >= 0.6 is 0 Å². The van der Waals surface area contributed by atoms with Gasteiger partial charge in [0.25, 0.3) is 0 Å². The number of hydrogen-bond donors (Lipinski definition) is 0. The minimum atomic E-state index is 0. The molecule has 1 aromatic rings. The molecular formula is C6H5Na2. The molecular weight excluding hydrogens is 118 g/mol. The third-order valence-corrected chi connectivity index (χ3v) is 0.607. The standard InChI is InChI=1S/C6H5.2Na/c1-2-4-6-5-3-1;;/h1-5H;;/q-1;;+1. The van der Waals surface area contributed by atoms with Crippen LogP contribution in [0.25, 0.3) is 0 Å². The quantitative estimate of drug-likeness (QED) is 0.279. The van der Waals surface area contributed by atoms with Gasteiger partial charge in [-0.05, 0) is 0 Å². The van der Waals surface area contributed by atoms with E-state index in [-0.39, 0.29) is 59.1 Å². The van der Waals surface area contributed by atoms with Crippen molar-refractivity contribution in [2.75, 3.05) is 0 Å². The Morgan fingerprint density at radius 1 is 0.875 bits per heavy atom. The molecule has 1 radical (unpaired) electrons. The van der Waals surface area contributed by atoms with Crippen molar-refractivity contribution in [3.05, 3.63) is 36.4 Å². The summed E-state index contributed by atoms with van der Waals surface area (Å²) in [5.41, 5.74) is 0. The molecule has 2 heteroatoms. The average Bonchev–Trinajstić information content (AvgIpc) is 1.72. The van der Waals surface area contributed by atoms with E-state index in [1.165, 1.54) is 0 Å². The van der Waals surface area contributed by atoms with Gasteiger partial charge in [-0.2, -0.15) is 36.4 Å². The molecule has 0 aliphatic heterocycles. The topological polar surface area (TPSA) is 0 Å². The molecule has 0 fully saturated rings.